The molecule has 3 rings (SSSR count). The maximum absolute atomic E-state index is 12.5. The van der Waals surface area contributed by atoms with Crippen molar-refractivity contribution in [3.05, 3.63) is 22.2 Å². The zero-order chi connectivity index (χ0) is 18.7. The number of fused-ring (bicyclic) bond motifs is 1. The molecule has 6 heteroatoms. The standard InChI is InChI=1S/C20H27BrN2O3/c1-4-25-16-11-13(10-15(21)18(16)26-5-2)12-22-23-19(24)17-14-8-6-7-9-20(14,17)3/h10-12,14,17H,4-9H2,1-3H3,(H,23,24)/b22-12-/t14-,17+,20+/m1/s1. The fourth-order valence-corrected chi connectivity index (χ4v) is 4.87. The van der Waals surface area contributed by atoms with Crippen molar-refractivity contribution >= 4 is 28.1 Å². The number of ether oxygens (including phenoxy) is 2. The minimum Gasteiger partial charge on any atom is -0.490 e. The van der Waals surface area contributed by atoms with Crippen LogP contribution in [0.15, 0.2) is 21.7 Å². The zero-order valence-corrected chi connectivity index (χ0v) is 17.3. The molecule has 0 aliphatic heterocycles. The summed E-state index contributed by atoms with van der Waals surface area (Å²) in [6, 6.07) is 3.77. The van der Waals surface area contributed by atoms with Gasteiger partial charge in [-0.15, -0.1) is 0 Å². The van der Waals surface area contributed by atoms with Gasteiger partial charge in [0.2, 0.25) is 5.91 Å². The lowest BCUT2D eigenvalue weighted by Crippen LogP contribution is -2.22. The molecule has 26 heavy (non-hydrogen) atoms. The number of benzene rings is 1. The van der Waals surface area contributed by atoms with Crippen LogP contribution < -0.4 is 14.9 Å². The molecule has 1 aromatic rings. The van der Waals surface area contributed by atoms with Gasteiger partial charge in [-0.1, -0.05) is 19.8 Å². The first-order valence-electron chi connectivity index (χ1n) is 9.43. The molecule has 0 unspecified atom stereocenters. The number of carbonyl (C=O) groups excluding carboxylic acids is 1. The number of carbonyl (C=O) groups is 1. The average molecular weight is 423 g/mol. The topological polar surface area (TPSA) is 59.9 Å². The Labute approximate surface area is 163 Å². The van der Waals surface area contributed by atoms with Gasteiger partial charge < -0.3 is 9.47 Å². The van der Waals surface area contributed by atoms with Crippen molar-refractivity contribution in [3.8, 4) is 11.5 Å². The lowest BCUT2D eigenvalue weighted by molar-refractivity contribution is -0.123. The first-order valence-corrected chi connectivity index (χ1v) is 10.2. The molecule has 0 saturated heterocycles. The van der Waals surface area contributed by atoms with Gasteiger partial charge in [0.25, 0.3) is 0 Å². The second-order valence-electron chi connectivity index (χ2n) is 7.27. The molecule has 1 N–H and O–H groups in total. The van der Waals surface area contributed by atoms with E-state index in [4.69, 9.17) is 9.47 Å². The fraction of sp³-hybridized carbons (Fsp3) is 0.600. The summed E-state index contributed by atoms with van der Waals surface area (Å²) in [6.07, 6.45) is 6.45. The number of nitrogens with one attached hydrogen (secondary N) is 1. The van der Waals surface area contributed by atoms with Crippen LogP contribution >= 0.6 is 15.9 Å². The second kappa shape index (κ2) is 7.99. The highest BCUT2D eigenvalue weighted by Crippen LogP contribution is 2.66. The highest BCUT2D eigenvalue weighted by molar-refractivity contribution is 9.10. The van der Waals surface area contributed by atoms with Crippen LogP contribution in [0.3, 0.4) is 0 Å². The van der Waals surface area contributed by atoms with E-state index in [1.54, 1.807) is 6.21 Å². The molecule has 142 valence electrons. The summed E-state index contributed by atoms with van der Waals surface area (Å²) in [6.45, 7) is 7.21. The molecule has 1 amide bonds. The number of nitrogens with zero attached hydrogens (tertiary/aromatic N) is 1. The van der Waals surface area contributed by atoms with Gasteiger partial charge in [0.05, 0.1) is 23.9 Å². The van der Waals surface area contributed by atoms with Crippen LogP contribution in [0.2, 0.25) is 0 Å². The molecule has 2 aliphatic carbocycles. The van der Waals surface area contributed by atoms with Gasteiger partial charge in [0, 0.05) is 5.92 Å². The van der Waals surface area contributed by atoms with Crippen molar-refractivity contribution in [2.45, 2.75) is 46.5 Å². The first kappa shape index (κ1) is 19.2. The number of amides is 1. The van der Waals surface area contributed by atoms with Gasteiger partial charge >= 0.3 is 0 Å². The smallest absolute Gasteiger partial charge is 0.244 e. The first-order chi connectivity index (χ1) is 12.5. The van der Waals surface area contributed by atoms with Crippen molar-refractivity contribution < 1.29 is 14.3 Å². The number of halogens is 1. The Morgan fingerprint density at radius 2 is 2.12 bits per heavy atom. The van der Waals surface area contributed by atoms with Gasteiger partial charge in [-0.05, 0) is 71.6 Å². The molecule has 5 nitrogen and oxygen atoms in total. The lowest BCUT2D eigenvalue weighted by atomic mass is 9.90. The van der Waals surface area contributed by atoms with Gasteiger partial charge in [0.1, 0.15) is 0 Å². The maximum atomic E-state index is 12.5. The highest BCUT2D eigenvalue weighted by atomic mass is 79.9. The summed E-state index contributed by atoms with van der Waals surface area (Å²) in [5.41, 5.74) is 3.76. The quantitative estimate of drug-likeness (QED) is 0.518. The molecule has 2 aliphatic rings. The normalized spacial score (nSPS) is 27.1. The summed E-state index contributed by atoms with van der Waals surface area (Å²) < 4.78 is 12.1. The Kier molecular flexibility index (Phi) is 5.90. The summed E-state index contributed by atoms with van der Waals surface area (Å²) in [7, 11) is 0. The van der Waals surface area contributed by atoms with E-state index in [9.17, 15) is 4.79 Å². The predicted octanol–water partition coefficient (Wildman–Crippen LogP) is 4.52. The van der Waals surface area contributed by atoms with Crippen molar-refractivity contribution in [1.29, 1.82) is 0 Å². The molecule has 0 radical (unpaired) electrons. The van der Waals surface area contributed by atoms with Gasteiger partial charge in [0.15, 0.2) is 11.5 Å². The van der Waals surface area contributed by atoms with Crippen LogP contribution in [0.1, 0.15) is 52.0 Å². The molecule has 0 heterocycles. The molecular formula is C20H27BrN2O3. The predicted molar refractivity (Wildman–Crippen MR) is 106 cm³/mol. The highest BCUT2D eigenvalue weighted by Gasteiger charge is 2.64. The monoisotopic (exact) mass is 422 g/mol. The van der Waals surface area contributed by atoms with Crippen molar-refractivity contribution in [2.75, 3.05) is 13.2 Å². The van der Waals surface area contributed by atoms with Crippen LogP contribution in [0.4, 0.5) is 0 Å². The van der Waals surface area contributed by atoms with Crippen molar-refractivity contribution in [3.63, 3.8) is 0 Å². The number of hydrazone groups is 1. The molecule has 3 atom stereocenters. The summed E-state index contributed by atoms with van der Waals surface area (Å²) in [5, 5.41) is 4.17. The number of hydrogen-bond acceptors (Lipinski definition) is 4. The van der Waals surface area contributed by atoms with E-state index >= 15 is 0 Å². The molecule has 0 spiro atoms. The molecule has 2 saturated carbocycles. The van der Waals surface area contributed by atoms with Crippen LogP contribution in [-0.2, 0) is 4.79 Å². The average Bonchev–Trinajstić information content (AvgIpc) is 3.23. The summed E-state index contributed by atoms with van der Waals surface area (Å²) in [5.74, 6) is 2.05. The van der Waals surface area contributed by atoms with E-state index in [1.165, 1.54) is 19.3 Å². The van der Waals surface area contributed by atoms with Crippen LogP contribution in [0, 0.1) is 17.3 Å². The minimum atomic E-state index is 0.0469. The third-order valence-corrected chi connectivity index (χ3v) is 6.21. The van der Waals surface area contributed by atoms with E-state index < -0.39 is 0 Å². The Bertz CT molecular complexity index is 707. The van der Waals surface area contributed by atoms with Crippen LogP contribution in [0.5, 0.6) is 11.5 Å². The number of rotatable bonds is 7. The molecule has 1 aromatic carbocycles. The van der Waals surface area contributed by atoms with E-state index in [0.717, 1.165) is 16.5 Å². The zero-order valence-electron chi connectivity index (χ0n) is 15.7. The minimum absolute atomic E-state index is 0.0469. The van der Waals surface area contributed by atoms with Crippen molar-refractivity contribution in [1.82, 2.24) is 5.43 Å². The van der Waals surface area contributed by atoms with Crippen LogP contribution in [-0.4, -0.2) is 25.3 Å². The largest absolute Gasteiger partial charge is 0.490 e. The molecular weight excluding hydrogens is 396 g/mol. The fourth-order valence-electron chi connectivity index (χ4n) is 4.30. The van der Waals surface area contributed by atoms with E-state index in [0.29, 0.717) is 30.6 Å². The molecule has 0 bridgehead atoms. The lowest BCUT2D eigenvalue weighted by Gasteiger charge is -2.15. The van der Waals surface area contributed by atoms with Gasteiger partial charge in [-0.2, -0.15) is 5.10 Å². The molecule has 0 aromatic heterocycles. The third-order valence-electron chi connectivity index (χ3n) is 5.62. The summed E-state index contributed by atoms with van der Waals surface area (Å²) in [4.78, 5) is 12.5. The summed E-state index contributed by atoms with van der Waals surface area (Å²) >= 11 is 3.52. The van der Waals surface area contributed by atoms with E-state index in [1.807, 2.05) is 26.0 Å². The van der Waals surface area contributed by atoms with Crippen LogP contribution in [0.25, 0.3) is 0 Å². The molecule has 2 fully saturated rings. The maximum Gasteiger partial charge on any atom is 0.244 e. The second-order valence-corrected chi connectivity index (χ2v) is 8.12. The van der Waals surface area contributed by atoms with Crippen molar-refractivity contribution in [2.24, 2.45) is 22.4 Å². The van der Waals surface area contributed by atoms with E-state index in [-0.39, 0.29) is 17.2 Å². The Morgan fingerprint density at radius 3 is 2.77 bits per heavy atom. The Hall–Kier alpha value is -1.56. The van der Waals surface area contributed by atoms with Gasteiger partial charge in [-0.3, -0.25) is 4.79 Å². The Balaban J connectivity index is 1.66. The Morgan fingerprint density at radius 1 is 1.35 bits per heavy atom. The number of hydrogen-bond donors (Lipinski definition) is 1. The third kappa shape index (κ3) is 3.75. The SMILES string of the molecule is CCOc1cc(/C=N\NC(=O)[C@@H]2[C@H]3CCCC[C@@]32C)cc(Br)c1OCC. The van der Waals surface area contributed by atoms with E-state index in [2.05, 4.69) is 33.4 Å². The van der Waals surface area contributed by atoms with Gasteiger partial charge in [-0.25, -0.2) is 5.43 Å².